The minimum absolute atomic E-state index is 0.0205. The van der Waals surface area contributed by atoms with Gasteiger partial charge in [0, 0.05) is 24.5 Å². The van der Waals surface area contributed by atoms with Crippen LogP contribution in [0.4, 0.5) is 0 Å². The highest BCUT2D eigenvalue weighted by molar-refractivity contribution is 5.01. The summed E-state index contributed by atoms with van der Waals surface area (Å²) in [5.74, 6) is -0.514. The Balaban J connectivity index is 1.35. The second kappa shape index (κ2) is 13.7. The first-order valence-corrected chi connectivity index (χ1v) is 13.5. The van der Waals surface area contributed by atoms with E-state index in [1.807, 2.05) is 0 Å². The molecule has 17 atom stereocenters. The van der Waals surface area contributed by atoms with E-state index in [1.54, 1.807) is 0 Å². The third kappa shape index (κ3) is 6.76. The maximum Gasteiger partial charge on any atom is 0.184 e. The van der Waals surface area contributed by atoms with Crippen LogP contribution in [-0.2, 0) is 28.4 Å². The summed E-state index contributed by atoms with van der Waals surface area (Å²) in [6.07, 6.45) is -13.4. The molecule has 40 heavy (non-hydrogen) atoms. The van der Waals surface area contributed by atoms with Crippen LogP contribution in [0.1, 0.15) is 6.42 Å². The van der Waals surface area contributed by atoms with Crippen LogP contribution in [0.3, 0.4) is 0 Å². The fraction of sp³-hybridized carbons (Fsp3) is 1.00. The molecule has 3 saturated heterocycles. The van der Waals surface area contributed by atoms with Gasteiger partial charge in [-0.15, -0.1) is 0 Å². The summed E-state index contributed by atoms with van der Waals surface area (Å²) in [7, 11) is 0. The van der Waals surface area contributed by atoms with Crippen LogP contribution in [0.25, 0.3) is 0 Å². The normalized spacial score (nSPS) is 52.1. The van der Waals surface area contributed by atoms with E-state index in [4.69, 9.17) is 57.1 Å². The number of aliphatic hydroxyl groups is 6. The van der Waals surface area contributed by atoms with Gasteiger partial charge in [-0.05, 0) is 6.42 Å². The van der Waals surface area contributed by atoms with Crippen molar-refractivity contribution in [3.63, 3.8) is 0 Å². The molecule has 234 valence electrons. The van der Waals surface area contributed by atoms with Crippen LogP contribution < -0.4 is 28.7 Å². The monoisotopic (exact) mass is 583 g/mol. The average Bonchev–Trinajstić information content (AvgIpc) is 3.27. The van der Waals surface area contributed by atoms with Crippen LogP contribution >= 0.6 is 0 Å². The molecule has 0 aromatic heterocycles. The van der Waals surface area contributed by atoms with Gasteiger partial charge in [-0.2, -0.15) is 0 Å². The minimum atomic E-state index is -1.39. The summed E-state index contributed by atoms with van der Waals surface area (Å²) in [6.45, 7) is -0.0527. The Hall–Kier alpha value is -0.680. The lowest BCUT2D eigenvalue weighted by Crippen LogP contribution is -2.68. The van der Waals surface area contributed by atoms with Crippen LogP contribution in [-0.4, -0.2) is 161 Å². The molecule has 1 saturated carbocycles. The Morgan fingerprint density at radius 1 is 0.650 bits per heavy atom. The largest absolute Gasteiger partial charge is 0.389 e. The lowest BCUT2D eigenvalue weighted by atomic mass is 9.84. The van der Waals surface area contributed by atoms with Crippen LogP contribution in [0.2, 0.25) is 0 Å². The summed E-state index contributed by atoms with van der Waals surface area (Å²) >= 11 is 0. The van der Waals surface area contributed by atoms with Crippen molar-refractivity contribution in [3.8, 4) is 0 Å². The van der Waals surface area contributed by atoms with Gasteiger partial charge in [-0.3, -0.25) is 0 Å². The molecule has 0 spiro atoms. The van der Waals surface area contributed by atoms with E-state index in [0.717, 1.165) is 0 Å². The molecule has 17 nitrogen and oxygen atoms in total. The molecule has 0 bridgehead atoms. The van der Waals surface area contributed by atoms with Crippen LogP contribution in [0, 0.1) is 5.92 Å². The maximum absolute atomic E-state index is 10.9. The fourth-order valence-corrected chi connectivity index (χ4v) is 5.49. The Labute approximate surface area is 231 Å². The molecule has 4 fully saturated rings. The number of nitrogens with two attached hydrogens (primary N) is 5. The first-order chi connectivity index (χ1) is 18.9. The highest BCUT2D eigenvalue weighted by atomic mass is 16.7. The number of aliphatic hydroxyl groups excluding tert-OH is 6. The summed E-state index contributed by atoms with van der Waals surface area (Å²) in [6, 6.07) is -3.51. The molecule has 0 amide bonds. The zero-order chi connectivity index (χ0) is 29.3. The number of rotatable bonds is 9. The minimum Gasteiger partial charge on any atom is -0.389 e. The smallest absolute Gasteiger partial charge is 0.184 e. The predicted molar refractivity (Wildman–Crippen MR) is 134 cm³/mol. The molecule has 3 heterocycles. The Kier molecular flexibility index (Phi) is 11.1. The third-order valence-corrected chi connectivity index (χ3v) is 8.18. The molecule has 4 aliphatic rings. The van der Waals surface area contributed by atoms with Gasteiger partial charge in [0.1, 0.15) is 42.7 Å². The summed E-state index contributed by atoms with van der Waals surface area (Å²) in [5, 5.41) is 61.8. The van der Waals surface area contributed by atoms with E-state index in [9.17, 15) is 30.6 Å². The number of hydrogen-bond donors (Lipinski definition) is 11. The van der Waals surface area contributed by atoms with E-state index in [-0.39, 0.29) is 39.4 Å². The number of hydrogen-bond acceptors (Lipinski definition) is 17. The van der Waals surface area contributed by atoms with Gasteiger partial charge >= 0.3 is 0 Å². The van der Waals surface area contributed by atoms with Crippen molar-refractivity contribution < 1.29 is 59.1 Å². The fourth-order valence-electron chi connectivity index (χ4n) is 5.49. The van der Waals surface area contributed by atoms with Gasteiger partial charge in [-0.25, -0.2) is 0 Å². The average molecular weight is 584 g/mol. The van der Waals surface area contributed by atoms with Crippen molar-refractivity contribution in [1.29, 1.82) is 0 Å². The topological polar surface area (TPSA) is 307 Å². The summed E-state index contributed by atoms with van der Waals surface area (Å²) < 4.78 is 34.4. The summed E-state index contributed by atoms with van der Waals surface area (Å²) in [4.78, 5) is 0. The molecule has 3 aliphatic heterocycles. The second-order valence-electron chi connectivity index (χ2n) is 11.1. The molecule has 0 radical (unpaired) electrons. The lowest BCUT2D eigenvalue weighted by molar-refractivity contribution is -0.304. The highest BCUT2D eigenvalue weighted by Gasteiger charge is 2.51. The van der Waals surface area contributed by atoms with E-state index in [1.165, 1.54) is 0 Å². The lowest BCUT2D eigenvalue weighted by Gasteiger charge is -2.47. The molecule has 1 aliphatic carbocycles. The van der Waals surface area contributed by atoms with Crippen molar-refractivity contribution in [2.75, 3.05) is 33.0 Å². The van der Waals surface area contributed by atoms with Crippen LogP contribution in [0.5, 0.6) is 0 Å². The van der Waals surface area contributed by atoms with Crippen LogP contribution in [0.15, 0.2) is 0 Å². The van der Waals surface area contributed by atoms with Crippen molar-refractivity contribution in [2.45, 2.75) is 104 Å². The molecule has 16 N–H and O–H groups in total. The molecule has 0 aromatic rings. The highest BCUT2D eigenvalue weighted by Crippen LogP contribution is 2.32. The Morgan fingerprint density at radius 3 is 2.05 bits per heavy atom. The van der Waals surface area contributed by atoms with E-state index in [0.29, 0.717) is 0 Å². The quantitative estimate of drug-likeness (QED) is 0.120. The van der Waals surface area contributed by atoms with E-state index in [2.05, 4.69) is 0 Å². The Morgan fingerprint density at radius 2 is 1.35 bits per heavy atom. The SMILES string of the molecule is NCC1OC(OC2C(N)CC(N)C(O)C2O[C@@H]2OC[C@H](COCC3OCC(O)C(O)C3N)[C@@H]2O)C(N)C(O)C1O. The first-order valence-electron chi connectivity index (χ1n) is 13.5. The standard InChI is InChI=1S/C23H45N5O12/c24-2-11-18(33)19(34)14(28)22(38-11)39-20-9(26)1-8(25)16(31)21(20)40-23-15(30)7(4-37-23)3-35-6-12-13(27)17(32)10(29)5-36-12/h7-23,29-34H,1-6,24-28H2/t7-,8?,9?,10?,11?,12?,13?,14?,15-,16?,17?,18?,19?,20?,21?,22?,23-/m0/s1. The van der Waals surface area contributed by atoms with Gasteiger partial charge in [-0.1, -0.05) is 0 Å². The van der Waals surface area contributed by atoms with Gasteiger partial charge in [0.25, 0.3) is 0 Å². The molecular weight excluding hydrogens is 538 g/mol. The third-order valence-electron chi connectivity index (χ3n) is 8.18. The maximum atomic E-state index is 10.9. The van der Waals surface area contributed by atoms with Crippen molar-refractivity contribution in [3.05, 3.63) is 0 Å². The molecule has 14 unspecified atom stereocenters. The van der Waals surface area contributed by atoms with Gasteiger partial charge in [0.15, 0.2) is 12.6 Å². The van der Waals surface area contributed by atoms with Crippen molar-refractivity contribution >= 4 is 0 Å². The van der Waals surface area contributed by atoms with Crippen molar-refractivity contribution in [2.24, 2.45) is 34.6 Å². The van der Waals surface area contributed by atoms with Crippen molar-refractivity contribution in [1.82, 2.24) is 0 Å². The van der Waals surface area contributed by atoms with Gasteiger partial charge in [0.2, 0.25) is 0 Å². The molecule has 0 aromatic carbocycles. The molecule has 4 rings (SSSR count). The van der Waals surface area contributed by atoms with Gasteiger partial charge in [0.05, 0.1) is 56.8 Å². The van der Waals surface area contributed by atoms with E-state index < -0.39 is 104 Å². The zero-order valence-corrected chi connectivity index (χ0v) is 22.1. The molecule has 17 heteroatoms. The van der Waals surface area contributed by atoms with Gasteiger partial charge < -0.3 is 87.7 Å². The zero-order valence-electron chi connectivity index (χ0n) is 22.1. The first kappa shape index (κ1) is 32.2. The summed E-state index contributed by atoms with van der Waals surface area (Å²) in [5.41, 5.74) is 30.0. The molecular formula is C23H45N5O12. The Bertz CT molecular complexity index is 805. The number of ether oxygens (including phenoxy) is 6. The van der Waals surface area contributed by atoms with E-state index >= 15 is 0 Å². The predicted octanol–water partition coefficient (Wildman–Crippen LogP) is -7.29. The second-order valence-corrected chi connectivity index (χ2v) is 11.1.